The van der Waals surface area contributed by atoms with Crippen LogP contribution in [0.1, 0.15) is 18.4 Å². The summed E-state index contributed by atoms with van der Waals surface area (Å²) >= 11 is 0.530. The van der Waals surface area contributed by atoms with Crippen LogP contribution < -0.4 is 5.32 Å². The summed E-state index contributed by atoms with van der Waals surface area (Å²) in [5, 5.41) is 8.78. The van der Waals surface area contributed by atoms with Crippen LogP contribution in [0.5, 0.6) is 0 Å². The van der Waals surface area contributed by atoms with Crippen molar-refractivity contribution < 1.29 is 13.2 Å². The van der Waals surface area contributed by atoms with E-state index < -0.39 is 11.2 Å². The highest BCUT2D eigenvalue weighted by Gasteiger charge is 2.35. The first kappa shape index (κ1) is 14.2. The Labute approximate surface area is 102 Å². The summed E-state index contributed by atoms with van der Waals surface area (Å²) in [5.74, 6) is 0. The van der Waals surface area contributed by atoms with Crippen LogP contribution in [0.3, 0.4) is 0 Å². The number of anilines is 1. The third-order valence-electron chi connectivity index (χ3n) is 2.05. The molecule has 0 radical (unpaired) electrons. The minimum atomic E-state index is -4.41. The summed E-state index contributed by atoms with van der Waals surface area (Å²) in [6.45, 7) is 2.76. The molecule has 17 heavy (non-hydrogen) atoms. The van der Waals surface area contributed by atoms with Crippen LogP contribution >= 0.6 is 11.3 Å². The molecular formula is C9H15F3N4S. The Balaban J connectivity index is 2.49. The summed E-state index contributed by atoms with van der Waals surface area (Å²) in [6.07, 6.45) is -3.58. The van der Waals surface area contributed by atoms with Crippen molar-refractivity contribution in [3.05, 3.63) is 5.01 Å². The van der Waals surface area contributed by atoms with E-state index in [0.29, 0.717) is 11.3 Å². The van der Waals surface area contributed by atoms with E-state index in [1.54, 1.807) is 0 Å². The molecule has 1 aromatic rings. The predicted octanol–water partition coefficient (Wildman–Crippen LogP) is 2.31. The molecule has 98 valence electrons. The Bertz CT molecular complexity index is 350. The lowest BCUT2D eigenvalue weighted by molar-refractivity contribution is -0.138. The van der Waals surface area contributed by atoms with Gasteiger partial charge in [-0.05, 0) is 34.0 Å². The molecular weight excluding hydrogens is 253 g/mol. The van der Waals surface area contributed by atoms with Crippen LogP contribution in [0.4, 0.5) is 18.3 Å². The van der Waals surface area contributed by atoms with Gasteiger partial charge >= 0.3 is 6.18 Å². The topological polar surface area (TPSA) is 41.0 Å². The molecule has 0 aliphatic heterocycles. The van der Waals surface area contributed by atoms with Crippen LogP contribution in [0.2, 0.25) is 0 Å². The van der Waals surface area contributed by atoms with E-state index in [0.717, 1.165) is 13.0 Å². The van der Waals surface area contributed by atoms with Crippen molar-refractivity contribution in [3.8, 4) is 0 Å². The number of rotatable bonds is 5. The standard InChI is InChI=1S/C9H15F3N4S/c1-6(4-5-16(2)3)13-8-15-14-7(17-8)9(10,11)12/h6H,4-5H2,1-3H3,(H,13,15). The van der Waals surface area contributed by atoms with Crippen molar-refractivity contribution in [1.29, 1.82) is 0 Å². The van der Waals surface area contributed by atoms with Crippen molar-refractivity contribution in [1.82, 2.24) is 15.1 Å². The van der Waals surface area contributed by atoms with Gasteiger partial charge in [0.05, 0.1) is 0 Å². The maximum Gasteiger partial charge on any atom is 0.445 e. The second-order valence-corrected chi connectivity index (χ2v) is 5.02. The van der Waals surface area contributed by atoms with E-state index in [9.17, 15) is 13.2 Å². The first-order chi connectivity index (χ1) is 7.79. The van der Waals surface area contributed by atoms with Crippen molar-refractivity contribution in [3.63, 3.8) is 0 Å². The predicted molar refractivity (Wildman–Crippen MR) is 61.2 cm³/mol. The van der Waals surface area contributed by atoms with E-state index >= 15 is 0 Å². The minimum absolute atomic E-state index is 0.0615. The van der Waals surface area contributed by atoms with E-state index in [4.69, 9.17) is 0 Å². The van der Waals surface area contributed by atoms with Crippen LogP contribution in [0, 0.1) is 0 Å². The highest BCUT2D eigenvalue weighted by Crippen LogP contribution is 2.33. The van der Waals surface area contributed by atoms with Gasteiger partial charge < -0.3 is 10.2 Å². The third kappa shape index (κ3) is 4.86. The molecule has 0 spiro atoms. The monoisotopic (exact) mass is 268 g/mol. The average molecular weight is 268 g/mol. The lowest BCUT2D eigenvalue weighted by atomic mass is 10.2. The number of alkyl halides is 3. The Morgan fingerprint density at radius 3 is 2.47 bits per heavy atom. The molecule has 8 heteroatoms. The number of nitrogens with one attached hydrogen (secondary N) is 1. The molecule has 0 amide bonds. The van der Waals surface area contributed by atoms with E-state index in [-0.39, 0.29) is 11.2 Å². The van der Waals surface area contributed by atoms with Gasteiger partial charge in [-0.25, -0.2) is 0 Å². The number of halogens is 3. The summed E-state index contributed by atoms with van der Waals surface area (Å²) in [5.41, 5.74) is 0. The van der Waals surface area contributed by atoms with E-state index in [1.165, 1.54) is 0 Å². The number of aromatic nitrogens is 2. The van der Waals surface area contributed by atoms with Gasteiger partial charge in [0.1, 0.15) is 0 Å². The molecule has 0 saturated heterocycles. The second-order valence-electron chi connectivity index (χ2n) is 4.05. The molecule has 0 bridgehead atoms. The third-order valence-corrected chi connectivity index (χ3v) is 2.95. The zero-order valence-corrected chi connectivity index (χ0v) is 10.7. The normalized spacial score (nSPS) is 14.1. The fourth-order valence-electron chi connectivity index (χ4n) is 1.13. The lowest BCUT2D eigenvalue weighted by Crippen LogP contribution is -2.22. The molecule has 0 saturated carbocycles. The Morgan fingerprint density at radius 2 is 2.00 bits per heavy atom. The quantitative estimate of drug-likeness (QED) is 0.889. The van der Waals surface area contributed by atoms with Crippen molar-refractivity contribution in [2.75, 3.05) is 26.0 Å². The fourth-order valence-corrected chi connectivity index (χ4v) is 1.85. The Hall–Kier alpha value is -0.890. The molecule has 1 unspecified atom stereocenters. The fraction of sp³-hybridized carbons (Fsp3) is 0.778. The van der Waals surface area contributed by atoms with Gasteiger partial charge in [0.15, 0.2) is 0 Å². The molecule has 1 aromatic heterocycles. The molecule has 4 nitrogen and oxygen atoms in total. The lowest BCUT2D eigenvalue weighted by Gasteiger charge is -2.15. The van der Waals surface area contributed by atoms with Gasteiger partial charge in [-0.3, -0.25) is 0 Å². The summed E-state index contributed by atoms with van der Waals surface area (Å²) in [6, 6.07) is 0.0615. The maximum absolute atomic E-state index is 12.3. The number of hydrogen-bond acceptors (Lipinski definition) is 5. The average Bonchev–Trinajstić information content (AvgIpc) is 2.62. The Kier molecular flexibility index (Phi) is 4.70. The van der Waals surface area contributed by atoms with E-state index in [2.05, 4.69) is 15.5 Å². The molecule has 0 aliphatic carbocycles. The molecule has 1 rings (SSSR count). The van der Waals surface area contributed by atoms with Crippen molar-refractivity contribution in [2.45, 2.75) is 25.6 Å². The molecule has 0 aromatic carbocycles. The molecule has 1 atom stereocenters. The van der Waals surface area contributed by atoms with Gasteiger partial charge in [0.2, 0.25) is 10.1 Å². The number of nitrogens with zero attached hydrogens (tertiary/aromatic N) is 3. The molecule has 1 heterocycles. The Morgan fingerprint density at radius 1 is 1.35 bits per heavy atom. The largest absolute Gasteiger partial charge is 0.445 e. The SMILES string of the molecule is CC(CCN(C)C)Nc1nnc(C(F)(F)F)s1. The maximum atomic E-state index is 12.3. The van der Waals surface area contributed by atoms with Gasteiger partial charge in [-0.2, -0.15) is 13.2 Å². The molecule has 0 aliphatic rings. The van der Waals surface area contributed by atoms with Gasteiger partial charge in [0, 0.05) is 6.04 Å². The van der Waals surface area contributed by atoms with Crippen LogP contribution in [-0.2, 0) is 6.18 Å². The highest BCUT2D eigenvalue weighted by molar-refractivity contribution is 7.15. The summed E-state index contributed by atoms with van der Waals surface area (Å²) < 4.78 is 36.8. The second kappa shape index (κ2) is 5.63. The smallest absolute Gasteiger partial charge is 0.358 e. The summed E-state index contributed by atoms with van der Waals surface area (Å²) in [4.78, 5) is 2.01. The van der Waals surface area contributed by atoms with Crippen LogP contribution in [0.15, 0.2) is 0 Å². The summed E-state index contributed by atoms with van der Waals surface area (Å²) in [7, 11) is 3.89. The van der Waals surface area contributed by atoms with Crippen molar-refractivity contribution in [2.24, 2.45) is 0 Å². The van der Waals surface area contributed by atoms with Crippen LogP contribution in [0.25, 0.3) is 0 Å². The molecule has 1 N–H and O–H groups in total. The van der Waals surface area contributed by atoms with Crippen LogP contribution in [-0.4, -0.2) is 41.8 Å². The van der Waals surface area contributed by atoms with Gasteiger partial charge in [0.25, 0.3) is 0 Å². The minimum Gasteiger partial charge on any atom is -0.358 e. The van der Waals surface area contributed by atoms with Gasteiger partial charge in [-0.15, -0.1) is 10.2 Å². The first-order valence-corrected chi connectivity index (χ1v) is 5.92. The van der Waals surface area contributed by atoms with E-state index in [1.807, 2.05) is 25.9 Å². The molecule has 0 fully saturated rings. The zero-order chi connectivity index (χ0) is 13.1. The van der Waals surface area contributed by atoms with Crippen molar-refractivity contribution >= 4 is 16.5 Å². The zero-order valence-electron chi connectivity index (χ0n) is 9.88. The number of hydrogen-bond donors (Lipinski definition) is 1. The van der Waals surface area contributed by atoms with Gasteiger partial charge in [-0.1, -0.05) is 11.3 Å². The highest BCUT2D eigenvalue weighted by atomic mass is 32.1. The first-order valence-electron chi connectivity index (χ1n) is 5.11.